The molecule has 1 N–H and O–H groups in total. The summed E-state index contributed by atoms with van der Waals surface area (Å²) in [5.41, 5.74) is 0. The standard InChI is InChI=1S/C9H13BrN4/c10-8-2-4-12-9(13-8)14-6-1-3-11-5-7-14/h2,4,11H,1,3,5-7H2. The second-order valence-corrected chi connectivity index (χ2v) is 4.08. The second kappa shape index (κ2) is 4.70. The van der Waals surface area contributed by atoms with Crippen molar-refractivity contribution in [2.24, 2.45) is 0 Å². The summed E-state index contributed by atoms with van der Waals surface area (Å²) >= 11 is 3.35. The van der Waals surface area contributed by atoms with Crippen LogP contribution in [0.1, 0.15) is 6.42 Å². The minimum atomic E-state index is 0.822. The van der Waals surface area contributed by atoms with E-state index in [-0.39, 0.29) is 0 Å². The second-order valence-electron chi connectivity index (χ2n) is 3.27. The van der Waals surface area contributed by atoms with Gasteiger partial charge >= 0.3 is 0 Å². The van der Waals surface area contributed by atoms with Crippen molar-refractivity contribution in [2.45, 2.75) is 6.42 Å². The third-order valence-corrected chi connectivity index (χ3v) is 2.67. The van der Waals surface area contributed by atoms with Crippen LogP contribution < -0.4 is 10.2 Å². The third-order valence-electron chi connectivity index (χ3n) is 2.23. The van der Waals surface area contributed by atoms with Crippen molar-refractivity contribution in [1.29, 1.82) is 0 Å². The molecule has 1 aromatic heterocycles. The highest BCUT2D eigenvalue weighted by atomic mass is 79.9. The van der Waals surface area contributed by atoms with Crippen LogP contribution in [0.15, 0.2) is 16.9 Å². The largest absolute Gasteiger partial charge is 0.339 e. The van der Waals surface area contributed by atoms with E-state index in [4.69, 9.17) is 0 Å². The monoisotopic (exact) mass is 256 g/mol. The van der Waals surface area contributed by atoms with Crippen LogP contribution in [0.4, 0.5) is 5.95 Å². The summed E-state index contributed by atoms with van der Waals surface area (Å²) in [6, 6.07) is 1.85. The summed E-state index contributed by atoms with van der Waals surface area (Å²) in [5, 5.41) is 3.35. The van der Waals surface area contributed by atoms with Crippen molar-refractivity contribution in [2.75, 3.05) is 31.1 Å². The fraction of sp³-hybridized carbons (Fsp3) is 0.556. The molecule has 0 aromatic carbocycles. The van der Waals surface area contributed by atoms with Crippen LogP contribution in [0.2, 0.25) is 0 Å². The predicted molar refractivity (Wildman–Crippen MR) is 59.4 cm³/mol. The Morgan fingerprint density at radius 1 is 1.36 bits per heavy atom. The molecule has 4 nitrogen and oxygen atoms in total. The SMILES string of the molecule is Brc1ccnc(N2CCCNCC2)n1. The van der Waals surface area contributed by atoms with Crippen molar-refractivity contribution in [1.82, 2.24) is 15.3 Å². The fourth-order valence-corrected chi connectivity index (χ4v) is 1.80. The van der Waals surface area contributed by atoms with Gasteiger partial charge in [0.2, 0.25) is 5.95 Å². The molecule has 0 amide bonds. The molecule has 0 spiro atoms. The van der Waals surface area contributed by atoms with Crippen LogP contribution in [0.25, 0.3) is 0 Å². The van der Waals surface area contributed by atoms with Gasteiger partial charge in [-0.2, -0.15) is 0 Å². The Bertz CT molecular complexity index is 297. The normalized spacial score (nSPS) is 17.9. The number of nitrogens with one attached hydrogen (secondary N) is 1. The molecule has 14 heavy (non-hydrogen) atoms. The molecular weight excluding hydrogens is 244 g/mol. The van der Waals surface area contributed by atoms with Gasteiger partial charge in [0.1, 0.15) is 4.60 Å². The van der Waals surface area contributed by atoms with Crippen LogP contribution >= 0.6 is 15.9 Å². The quantitative estimate of drug-likeness (QED) is 0.763. The first kappa shape index (κ1) is 9.86. The van der Waals surface area contributed by atoms with E-state index in [1.807, 2.05) is 6.07 Å². The smallest absolute Gasteiger partial charge is 0.226 e. The van der Waals surface area contributed by atoms with Crippen molar-refractivity contribution >= 4 is 21.9 Å². The molecule has 1 fully saturated rings. The molecule has 0 aliphatic carbocycles. The Labute approximate surface area is 91.9 Å². The lowest BCUT2D eigenvalue weighted by atomic mass is 10.4. The summed E-state index contributed by atoms with van der Waals surface area (Å²) in [6.45, 7) is 4.11. The molecule has 2 rings (SSSR count). The van der Waals surface area contributed by atoms with E-state index in [0.717, 1.165) is 43.2 Å². The Kier molecular flexibility index (Phi) is 3.31. The lowest BCUT2D eigenvalue weighted by Crippen LogP contribution is -2.29. The third kappa shape index (κ3) is 2.42. The van der Waals surface area contributed by atoms with Gasteiger partial charge in [-0.25, -0.2) is 9.97 Å². The molecule has 1 aliphatic heterocycles. The molecule has 0 unspecified atom stereocenters. The topological polar surface area (TPSA) is 41.1 Å². The maximum atomic E-state index is 4.34. The summed E-state index contributed by atoms with van der Waals surface area (Å²) < 4.78 is 0.847. The van der Waals surface area contributed by atoms with E-state index in [1.165, 1.54) is 0 Å². The number of anilines is 1. The van der Waals surface area contributed by atoms with E-state index >= 15 is 0 Å². The first-order chi connectivity index (χ1) is 6.86. The molecule has 76 valence electrons. The number of hydrogen-bond acceptors (Lipinski definition) is 4. The Hall–Kier alpha value is -0.680. The van der Waals surface area contributed by atoms with Gasteiger partial charge < -0.3 is 10.2 Å². The highest BCUT2D eigenvalue weighted by molar-refractivity contribution is 9.10. The van der Waals surface area contributed by atoms with E-state index in [2.05, 4.69) is 36.1 Å². The number of halogens is 1. The molecule has 0 saturated carbocycles. The van der Waals surface area contributed by atoms with E-state index in [9.17, 15) is 0 Å². The maximum Gasteiger partial charge on any atom is 0.226 e. The zero-order chi connectivity index (χ0) is 9.80. The van der Waals surface area contributed by atoms with Crippen molar-refractivity contribution in [3.05, 3.63) is 16.9 Å². The maximum absolute atomic E-state index is 4.34. The van der Waals surface area contributed by atoms with Gasteiger partial charge in [-0.15, -0.1) is 0 Å². The van der Waals surface area contributed by atoms with Crippen LogP contribution in [0.5, 0.6) is 0 Å². The average Bonchev–Trinajstić information content (AvgIpc) is 2.45. The van der Waals surface area contributed by atoms with Crippen LogP contribution in [0.3, 0.4) is 0 Å². The summed E-state index contributed by atoms with van der Waals surface area (Å²) in [4.78, 5) is 10.8. The number of nitrogens with zero attached hydrogens (tertiary/aromatic N) is 3. The van der Waals surface area contributed by atoms with Gasteiger partial charge in [0.05, 0.1) is 0 Å². The lowest BCUT2D eigenvalue weighted by molar-refractivity contribution is 0.724. The van der Waals surface area contributed by atoms with Crippen LogP contribution in [-0.2, 0) is 0 Å². The zero-order valence-corrected chi connectivity index (χ0v) is 9.50. The van der Waals surface area contributed by atoms with E-state index in [0.29, 0.717) is 0 Å². The van der Waals surface area contributed by atoms with Crippen LogP contribution in [-0.4, -0.2) is 36.1 Å². The molecule has 5 heteroatoms. The van der Waals surface area contributed by atoms with Gasteiger partial charge in [0.15, 0.2) is 0 Å². The molecule has 1 aliphatic rings. The van der Waals surface area contributed by atoms with Gasteiger partial charge in [-0.05, 0) is 35.0 Å². The Morgan fingerprint density at radius 2 is 2.29 bits per heavy atom. The fourth-order valence-electron chi connectivity index (χ4n) is 1.53. The molecule has 2 heterocycles. The lowest BCUT2D eigenvalue weighted by Gasteiger charge is -2.19. The first-order valence-electron chi connectivity index (χ1n) is 4.80. The van der Waals surface area contributed by atoms with Gasteiger partial charge in [0.25, 0.3) is 0 Å². The molecule has 1 saturated heterocycles. The molecule has 0 bridgehead atoms. The van der Waals surface area contributed by atoms with Gasteiger partial charge in [-0.1, -0.05) is 0 Å². The summed E-state index contributed by atoms with van der Waals surface area (Å²) in [6.07, 6.45) is 2.93. The predicted octanol–water partition coefficient (Wildman–Crippen LogP) is 1.04. The summed E-state index contributed by atoms with van der Waals surface area (Å²) in [5.74, 6) is 0.822. The van der Waals surface area contributed by atoms with Gasteiger partial charge in [-0.3, -0.25) is 0 Å². The first-order valence-corrected chi connectivity index (χ1v) is 5.60. The van der Waals surface area contributed by atoms with E-state index < -0.39 is 0 Å². The molecule has 1 aromatic rings. The Morgan fingerprint density at radius 3 is 3.14 bits per heavy atom. The number of aromatic nitrogens is 2. The van der Waals surface area contributed by atoms with Crippen molar-refractivity contribution in [3.63, 3.8) is 0 Å². The van der Waals surface area contributed by atoms with E-state index in [1.54, 1.807) is 6.20 Å². The molecule has 0 radical (unpaired) electrons. The highest BCUT2D eigenvalue weighted by Gasteiger charge is 2.11. The van der Waals surface area contributed by atoms with Crippen molar-refractivity contribution in [3.8, 4) is 0 Å². The summed E-state index contributed by atoms with van der Waals surface area (Å²) in [7, 11) is 0. The minimum Gasteiger partial charge on any atom is -0.339 e. The number of hydrogen-bond donors (Lipinski definition) is 1. The minimum absolute atomic E-state index is 0.822. The number of rotatable bonds is 1. The molecular formula is C9H13BrN4. The Balaban J connectivity index is 2.12. The zero-order valence-electron chi connectivity index (χ0n) is 7.91. The van der Waals surface area contributed by atoms with Crippen LogP contribution in [0, 0.1) is 0 Å². The average molecular weight is 257 g/mol. The highest BCUT2D eigenvalue weighted by Crippen LogP contribution is 2.12. The van der Waals surface area contributed by atoms with Crippen molar-refractivity contribution < 1.29 is 0 Å². The van der Waals surface area contributed by atoms with Gasteiger partial charge in [0, 0.05) is 25.8 Å². The molecule has 0 atom stereocenters.